The quantitative estimate of drug-likeness (QED) is 0.366. The lowest BCUT2D eigenvalue weighted by molar-refractivity contribution is -0.692. The zero-order valence-electron chi connectivity index (χ0n) is 19.3. The Bertz CT molecular complexity index is 1700. The van der Waals surface area contributed by atoms with Gasteiger partial charge in [0.05, 0.1) is 22.9 Å². The number of nitrogens with one attached hydrogen (secondary N) is 1. The van der Waals surface area contributed by atoms with Gasteiger partial charge in [-0.3, -0.25) is 14.2 Å². The number of aromatic nitrogens is 3. The maximum atomic E-state index is 13.4. The van der Waals surface area contributed by atoms with Gasteiger partial charge in [-0.1, -0.05) is 11.6 Å². The number of pyridine rings is 1. The Kier molecular flexibility index (Phi) is 6.95. The number of amides is 1. The fraction of sp³-hybridized carbons (Fsp3) is 0.167. The molecule has 0 fully saturated rings. The standard InChI is InChI=1S/C24H21ClN4O6S/c1-3-27-12-4-5-17(14-27)26-22(30)15-28-21-13-16(25)6-11-20(21)23(31)29(24(28)32)36(33,34)19-9-7-18(35-2)8-10-19/h4-14H,3,15H2,1-2H3/p+1. The molecule has 1 N–H and O–H groups in total. The van der Waals surface area contributed by atoms with Gasteiger partial charge < -0.3 is 10.1 Å². The van der Waals surface area contributed by atoms with Crippen LogP contribution < -0.4 is 25.9 Å². The maximum Gasteiger partial charge on any atom is 0.346 e. The second-order valence-electron chi connectivity index (χ2n) is 7.75. The third kappa shape index (κ3) is 4.75. The lowest BCUT2D eigenvalue weighted by Gasteiger charge is -2.15. The summed E-state index contributed by atoms with van der Waals surface area (Å²) in [6.45, 7) is 2.06. The molecule has 0 aliphatic rings. The number of nitrogens with zero attached hydrogens (tertiary/aromatic N) is 3. The van der Waals surface area contributed by atoms with Crippen LogP contribution in [0.5, 0.6) is 5.75 Å². The third-order valence-corrected chi connectivity index (χ3v) is 7.38. The summed E-state index contributed by atoms with van der Waals surface area (Å²) in [6, 6.07) is 12.7. The minimum absolute atomic E-state index is 0.0329. The van der Waals surface area contributed by atoms with E-state index in [1.807, 2.05) is 17.7 Å². The van der Waals surface area contributed by atoms with Crippen LogP contribution in [0.2, 0.25) is 5.02 Å². The van der Waals surface area contributed by atoms with Gasteiger partial charge >= 0.3 is 5.69 Å². The Hall–Kier alpha value is -3.96. The molecule has 2 aromatic heterocycles. The van der Waals surface area contributed by atoms with Crippen LogP contribution >= 0.6 is 11.6 Å². The minimum Gasteiger partial charge on any atom is -0.497 e. The van der Waals surface area contributed by atoms with E-state index in [-0.39, 0.29) is 24.8 Å². The number of methoxy groups -OCH3 is 1. The van der Waals surface area contributed by atoms with E-state index in [1.165, 1.54) is 49.6 Å². The van der Waals surface area contributed by atoms with Crippen LogP contribution in [0.25, 0.3) is 10.9 Å². The summed E-state index contributed by atoms with van der Waals surface area (Å²) in [5.74, 6) is -0.201. The van der Waals surface area contributed by atoms with Crippen molar-refractivity contribution in [3.8, 4) is 5.75 Å². The molecule has 0 saturated heterocycles. The van der Waals surface area contributed by atoms with Crippen LogP contribution in [0.1, 0.15) is 6.92 Å². The molecule has 0 aliphatic carbocycles. The number of carbonyl (C=O) groups excluding carboxylic acids is 1. The van der Waals surface area contributed by atoms with Crippen molar-refractivity contribution >= 4 is 44.1 Å². The van der Waals surface area contributed by atoms with Crippen molar-refractivity contribution in [1.29, 1.82) is 0 Å². The van der Waals surface area contributed by atoms with Gasteiger partial charge in [-0.15, -0.1) is 3.97 Å². The minimum atomic E-state index is -4.61. The fourth-order valence-corrected chi connectivity index (χ4v) is 5.15. The lowest BCUT2D eigenvalue weighted by atomic mass is 10.2. The Morgan fingerprint density at radius 3 is 2.50 bits per heavy atom. The van der Waals surface area contributed by atoms with Gasteiger partial charge in [0.2, 0.25) is 5.91 Å². The molecular formula is C24H22ClN4O6S+. The average Bonchev–Trinajstić information content (AvgIpc) is 2.86. The van der Waals surface area contributed by atoms with Crippen LogP contribution in [0.3, 0.4) is 0 Å². The number of benzene rings is 2. The van der Waals surface area contributed by atoms with E-state index < -0.39 is 33.7 Å². The average molecular weight is 530 g/mol. The number of aryl methyl sites for hydroxylation is 1. The molecular weight excluding hydrogens is 508 g/mol. The van der Waals surface area contributed by atoms with Crippen molar-refractivity contribution in [2.45, 2.75) is 24.9 Å². The van der Waals surface area contributed by atoms with Crippen LogP contribution in [-0.2, 0) is 27.9 Å². The first-order valence-corrected chi connectivity index (χ1v) is 12.6. The number of ether oxygens (including phenoxy) is 1. The molecule has 0 bridgehead atoms. The molecule has 0 spiro atoms. The number of carbonyl (C=O) groups is 1. The molecule has 12 heteroatoms. The van der Waals surface area contributed by atoms with Crippen molar-refractivity contribution in [1.82, 2.24) is 8.54 Å². The SMILES string of the molecule is CC[n+]1cccc(NC(=O)Cn2c(=O)n(S(=O)(=O)c3ccc(OC)cc3)c(=O)c3ccc(Cl)cc32)c1. The van der Waals surface area contributed by atoms with Gasteiger partial charge in [-0.2, -0.15) is 0 Å². The molecule has 2 heterocycles. The highest BCUT2D eigenvalue weighted by atomic mass is 35.5. The van der Waals surface area contributed by atoms with Crippen molar-refractivity contribution in [2.75, 3.05) is 12.4 Å². The smallest absolute Gasteiger partial charge is 0.346 e. The van der Waals surface area contributed by atoms with E-state index in [9.17, 15) is 22.8 Å². The monoisotopic (exact) mass is 529 g/mol. The van der Waals surface area contributed by atoms with Gasteiger partial charge in [0.1, 0.15) is 24.5 Å². The number of rotatable bonds is 7. The van der Waals surface area contributed by atoms with E-state index in [4.69, 9.17) is 16.3 Å². The molecule has 0 radical (unpaired) electrons. The van der Waals surface area contributed by atoms with E-state index in [0.29, 0.717) is 18.0 Å². The van der Waals surface area contributed by atoms with Crippen LogP contribution in [0.15, 0.2) is 81.5 Å². The van der Waals surface area contributed by atoms with Crippen molar-refractivity contribution in [2.24, 2.45) is 0 Å². The van der Waals surface area contributed by atoms with Gasteiger partial charge in [-0.25, -0.2) is 17.8 Å². The number of halogens is 1. The maximum absolute atomic E-state index is 13.4. The Morgan fingerprint density at radius 2 is 1.83 bits per heavy atom. The summed E-state index contributed by atoms with van der Waals surface area (Å²) >= 11 is 6.09. The van der Waals surface area contributed by atoms with Gasteiger partial charge in [0.25, 0.3) is 15.6 Å². The summed E-state index contributed by atoms with van der Waals surface area (Å²) < 4.78 is 34.7. The highest BCUT2D eigenvalue weighted by Crippen LogP contribution is 2.19. The van der Waals surface area contributed by atoms with E-state index in [1.54, 1.807) is 18.3 Å². The topological polar surface area (TPSA) is 120 Å². The number of anilines is 1. The summed E-state index contributed by atoms with van der Waals surface area (Å²) in [7, 11) is -3.19. The first-order chi connectivity index (χ1) is 17.1. The Balaban J connectivity index is 1.86. The summed E-state index contributed by atoms with van der Waals surface area (Å²) in [5.41, 5.74) is -1.73. The predicted octanol–water partition coefficient (Wildman–Crippen LogP) is 2.01. The van der Waals surface area contributed by atoms with Gasteiger partial charge in [0.15, 0.2) is 12.4 Å². The molecule has 1 amide bonds. The van der Waals surface area contributed by atoms with Crippen LogP contribution in [0, 0.1) is 0 Å². The van der Waals surface area contributed by atoms with E-state index in [2.05, 4.69) is 5.32 Å². The lowest BCUT2D eigenvalue weighted by Crippen LogP contribution is -2.45. The van der Waals surface area contributed by atoms with Crippen molar-refractivity contribution in [3.63, 3.8) is 0 Å². The molecule has 2 aromatic carbocycles. The second kappa shape index (κ2) is 9.96. The molecule has 186 valence electrons. The number of fused-ring (bicyclic) bond motifs is 1. The summed E-state index contributed by atoms with van der Waals surface area (Å²) in [5, 5.41) is 2.80. The molecule has 36 heavy (non-hydrogen) atoms. The molecule has 10 nitrogen and oxygen atoms in total. The molecule has 0 aliphatic heterocycles. The van der Waals surface area contributed by atoms with E-state index in [0.717, 1.165) is 4.57 Å². The molecule has 0 unspecified atom stereocenters. The summed E-state index contributed by atoms with van der Waals surface area (Å²) in [4.78, 5) is 39.2. The molecule has 4 rings (SSSR count). The normalized spacial score (nSPS) is 11.4. The van der Waals surface area contributed by atoms with E-state index >= 15 is 0 Å². The van der Waals surface area contributed by atoms with Gasteiger partial charge in [0, 0.05) is 11.1 Å². The first-order valence-electron chi connectivity index (χ1n) is 10.8. The van der Waals surface area contributed by atoms with Crippen molar-refractivity contribution < 1.29 is 22.5 Å². The summed E-state index contributed by atoms with van der Waals surface area (Å²) in [6.07, 6.45) is 3.54. The highest BCUT2D eigenvalue weighted by Gasteiger charge is 2.26. The fourth-order valence-electron chi connectivity index (χ4n) is 3.67. The van der Waals surface area contributed by atoms with Crippen molar-refractivity contribution in [3.05, 3.63) is 92.9 Å². The second-order valence-corrected chi connectivity index (χ2v) is 9.97. The number of hydrogen-bond acceptors (Lipinski definition) is 6. The predicted molar refractivity (Wildman–Crippen MR) is 134 cm³/mol. The number of hydrogen-bond donors (Lipinski definition) is 1. The first kappa shape index (κ1) is 25.1. The Morgan fingerprint density at radius 1 is 1.11 bits per heavy atom. The van der Waals surface area contributed by atoms with Gasteiger partial charge in [-0.05, 0) is 55.5 Å². The largest absolute Gasteiger partial charge is 0.497 e. The molecule has 4 aromatic rings. The zero-order chi connectivity index (χ0) is 26.0. The zero-order valence-corrected chi connectivity index (χ0v) is 20.9. The highest BCUT2D eigenvalue weighted by molar-refractivity contribution is 7.90. The Labute approximate surface area is 211 Å². The van der Waals surface area contributed by atoms with Crippen LogP contribution in [0.4, 0.5) is 5.69 Å². The van der Waals surface area contributed by atoms with Crippen LogP contribution in [-0.4, -0.2) is 30.0 Å². The molecule has 0 atom stereocenters. The molecule has 0 saturated carbocycles. The third-order valence-electron chi connectivity index (χ3n) is 5.48.